The van der Waals surface area contributed by atoms with Crippen LogP contribution in [0.15, 0.2) is 30.3 Å². The third-order valence-electron chi connectivity index (χ3n) is 4.68. The van der Waals surface area contributed by atoms with Gasteiger partial charge >= 0.3 is 0 Å². The molecule has 0 spiro atoms. The molecule has 0 radical (unpaired) electrons. The molecule has 1 rings (SSSR count). The molecule has 0 bridgehead atoms. The van der Waals surface area contributed by atoms with Gasteiger partial charge in [0.1, 0.15) is 0 Å². The average Bonchev–Trinajstić information content (AvgIpc) is 2.50. The highest BCUT2D eigenvalue weighted by Crippen LogP contribution is 2.28. The minimum atomic E-state index is -0.326. The lowest BCUT2D eigenvalue weighted by Crippen LogP contribution is -2.50. The zero-order valence-corrected chi connectivity index (χ0v) is 17.9. The quantitative estimate of drug-likeness (QED) is 0.514. The zero-order valence-electron chi connectivity index (χ0n) is 17.9. The van der Waals surface area contributed by atoms with Gasteiger partial charge in [-0.3, -0.25) is 4.79 Å². The fraction of sp³-hybridized carbons (Fsp3) is 0.696. The van der Waals surface area contributed by atoms with Crippen LogP contribution < -0.4 is 5.32 Å². The number of nitrogens with one attached hydrogen (secondary N) is 1. The monoisotopic (exact) mass is 361 g/mol. The normalized spacial score (nSPS) is 13.7. The van der Waals surface area contributed by atoms with Gasteiger partial charge in [-0.2, -0.15) is 0 Å². The maximum absolute atomic E-state index is 13.0. The number of hydrogen-bond donors (Lipinski definition) is 1. The molecule has 1 atom stereocenters. The number of rotatable bonds is 11. The molecule has 0 saturated carbocycles. The van der Waals surface area contributed by atoms with Crippen LogP contribution in [0.5, 0.6) is 0 Å². The maximum atomic E-state index is 13.0. The first-order valence-electron chi connectivity index (χ1n) is 10.1. The van der Waals surface area contributed by atoms with Crippen molar-refractivity contribution >= 4 is 5.91 Å². The van der Waals surface area contributed by atoms with Crippen molar-refractivity contribution in [2.24, 2.45) is 5.92 Å². The fourth-order valence-corrected chi connectivity index (χ4v) is 3.77. The molecule has 0 aliphatic heterocycles. The third kappa shape index (κ3) is 7.90. The van der Waals surface area contributed by atoms with Crippen molar-refractivity contribution in [2.75, 3.05) is 6.61 Å². The van der Waals surface area contributed by atoms with Crippen LogP contribution in [0.2, 0.25) is 0 Å². The number of carbonyl (C=O) groups excluding carboxylic acids is 1. The highest BCUT2D eigenvalue weighted by atomic mass is 16.5. The number of hydrogen-bond acceptors (Lipinski definition) is 2. The van der Waals surface area contributed by atoms with Crippen molar-refractivity contribution < 1.29 is 9.53 Å². The van der Waals surface area contributed by atoms with Gasteiger partial charge in [0.2, 0.25) is 5.91 Å². The van der Waals surface area contributed by atoms with Crippen molar-refractivity contribution in [3.05, 3.63) is 35.9 Å². The first-order valence-corrected chi connectivity index (χ1v) is 10.1. The fourth-order valence-electron chi connectivity index (χ4n) is 3.77. The predicted octanol–water partition coefficient (Wildman–Crippen LogP) is 5.70. The molecule has 0 saturated heterocycles. The van der Waals surface area contributed by atoms with Gasteiger partial charge in [0, 0.05) is 12.1 Å². The Morgan fingerprint density at radius 1 is 1.08 bits per heavy atom. The lowest BCUT2D eigenvalue weighted by atomic mass is 9.85. The molecular formula is C23H39NO2. The summed E-state index contributed by atoms with van der Waals surface area (Å²) in [5, 5.41) is 3.27. The topological polar surface area (TPSA) is 38.3 Å². The molecule has 1 aromatic rings. The van der Waals surface area contributed by atoms with E-state index in [1.165, 1.54) is 12.8 Å². The Hall–Kier alpha value is -1.35. The molecule has 3 nitrogen and oxygen atoms in total. The molecule has 1 aromatic carbocycles. The molecule has 0 fully saturated rings. The summed E-state index contributed by atoms with van der Waals surface area (Å²) in [4.78, 5) is 13.0. The van der Waals surface area contributed by atoms with Crippen LogP contribution in [-0.4, -0.2) is 23.7 Å². The number of unbranched alkanes of at least 4 members (excludes halogenated alkanes) is 2. The zero-order chi connectivity index (χ0) is 19.8. The van der Waals surface area contributed by atoms with Gasteiger partial charge in [0.25, 0.3) is 0 Å². The SMILES string of the molecule is CCCCCOC(C)(C)CC(C)(C)NC(=O)[C@@H](c1ccccc1)C(C)C. The van der Waals surface area contributed by atoms with E-state index in [0.717, 1.165) is 25.0 Å². The first kappa shape index (κ1) is 22.7. The van der Waals surface area contributed by atoms with Crippen LogP contribution in [0.25, 0.3) is 0 Å². The highest BCUT2D eigenvalue weighted by Gasteiger charge is 2.33. The number of benzene rings is 1. The van der Waals surface area contributed by atoms with Crippen LogP contribution in [0.3, 0.4) is 0 Å². The van der Waals surface area contributed by atoms with E-state index in [-0.39, 0.29) is 28.9 Å². The Morgan fingerprint density at radius 2 is 1.69 bits per heavy atom. The minimum Gasteiger partial charge on any atom is -0.375 e. The average molecular weight is 362 g/mol. The van der Waals surface area contributed by atoms with Gasteiger partial charge in [0.15, 0.2) is 0 Å². The van der Waals surface area contributed by atoms with Crippen LogP contribution in [0.1, 0.15) is 85.6 Å². The number of ether oxygens (including phenoxy) is 1. The third-order valence-corrected chi connectivity index (χ3v) is 4.68. The van der Waals surface area contributed by atoms with Gasteiger partial charge in [-0.05, 0) is 52.0 Å². The second-order valence-electron chi connectivity index (χ2n) is 9.00. The predicted molar refractivity (Wildman–Crippen MR) is 110 cm³/mol. The first-order chi connectivity index (χ1) is 12.1. The van der Waals surface area contributed by atoms with Gasteiger partial charge in [0.05, 0.1) is 11.5 Å². The van der Waals surface area contributed by atoms with E-state index < -0.39 is 0 Å². The molecule has 26 heavy (non-hydrogen) atoms. The second kappa shape index (κ2) is 10.1. The van der Waals surface area contributed by atoms with E-state index >= 15 is 0 Å². The summed E-state index contributed by atoms with van der Waals surface area (Å²) in [6.07, 6.45) is 4.26. The van der Waals surface area contributed by atoms with E-state index in [4.69, 9.17) is 4.74 Å². The molecule has 0 aromatic heterocycles. The molecular weight excluding hydrogens is 322 g/mol. The molecule has 1 N–H and O–H groups in total. The second-order valence-corrected chi connectivity index (χ2v) is 9.00. The minimum absolute atomic E-state index is 0.0954. The molecule has 148 valence electrons. The summed E-state index contributed by atoms with van der Waals surface area (Å²) in [6, 6.07) is 10.1. The van der Waals surface area contributed by atoms with Crippen LogP contribution >= 0.6 is 0 Å². The van der Waals surface area contributed by atoms with E-state index in [2.05, 4.69) is 53.8 Å². The Balaban J connectivity index is 2.72. The smallest absolute Gasteiger partial charge is 0.228 e. The Morgan fingerprint density at radius 3 is 2.23 bits per heavy atom. The Kier molecular flexibility index (Phi) is 8.82. The summed E-state index contributed by atoms with van der Waals surface area (Å²) in [6.45, 7) is 15.6. The largest absolute Gasteiger partial charge is 0.375 e. The Bertz CT molecular complexity index is 534. The molecule has 0 unspecified atom stereocenters. The van der Waals surface area contributed by atoms with Crippen molar-refractivity contribution in [1.29, 1.82) is 0 Å². The molecule has 3 heteroatoms. The molecule has 0 heterocycles. The lowest BCUT2D eigenvalue weighted by Gasteiger charge is -2.37. The van der Waals surface area contributed by atoms with Crippen LogP contribution in [0.4, 0.5) is 0 Å². The highest BCUT2D eigenvalue weighted by molar-refractivity contribution is 5.84. The summed E-state index contributed by atoms with van der Waals surface area (Å²) < 4.78 is 6.09. The lowest BCUT2D eigenvalue weighted by molar-refractivity contribution is -0.126. The molecule has 0 aliphatic carbocycles. The van der Waals surface area contributed by atoms with E-state index in [1.807, 2.05) is 30.3 Å². The van der Waals surface area contributed by atoms with Gasteiger partial charge < -0.3 is 10.1 Å². The van der Waals surface area contributed by atoms with Crippen molar-refractivity contribution in [3.63, 3.8) is 0 Å². The van der Waals surface area contributed by atoms with E-state index in [0.29, 0.717) is 0 Å². The Labute approximate surface area is 160 Å². The van der Waals surface area contributed by atoms with Gasteiger partial charge in [-0.25, -0.2) is 0 Å². The standard InChI is InChI=1S/C23H39NO2/c1-8-9-13-16-26-23(6,7)17-22(4,5)24-21(25)20(18(2)3)19-14-11-10-12-15-19/h10-12,14-15,18,20H,8-9,13,16-17H2,1-7H3,(H,24,25)/t20-/m1/s1. The molecule has 1 amide bonds. The van der Waals surface area contributed by atoms with Crippen molar-refractivity contribution in [3.8, 4) is 0 Å². The van der Waals surface area contributed by atoms with Gasteiger partial charge in [-0.15, -0.1) is 0 Å². The van der Waals surface area contributed by atoms with E-state index in [1.54, 1.807) is 0 Å². The van der Waals surface area contributed by atoms with Crippen LogP contribution in [-0.2, 0) is 9.53 Å². The van der Waals surface area contributed by atoms with E-state index in [9.17, 15) is 4.79 Å². The maximum Gasteiger partial charge on any atom is 0.228 e. The van der Waals surface area contributed by atoms with Gasteiger partial charge in [-0.1, -0.05) is 63.9 Å². The van der Waals surface area contributed by atoms with Crippen molar-refractivity contribution in [1.82, 2.24) is 5.32 Å². The molecule has 0 aliphatic rings. The van der Waals surface area contributed by atoms with Crippen molar-refractivity contribution in [2.45, 2.75) is 91.2 Å². The summed E-state index contributed by atoms with van der Waals surface area (Å²) in [5.41, 5.74) is 0.489. The summed E-state index contributed by atoms with van der Waals surface area (Å²) >= 11 is 0. The summed E-state index contributed by atoms with van der Waals surface area (Å²) in [5.74, 6) is 0.202. The summed E-state index contributed by atoms with van der Waals surface area (Å²) in [7, 11) is 0. The number of amides is 1. The number of carbonyl (C=O) groups is 1. The van der Waals surface area contributed by atoms with Crippen LogP contribution in [0, 0.1) is 5.92 Å².